The van der Waals surface area contributed by atoms with E-state index < -0.39 is 16.0 Å². The molecule has 1 heterocycles. The Morgan fingerprint density at radius 2 is 2.00 bits per heavy atom. The highest BCUT2D eigenvalue weighted by Gasteiger charge is 2.25. The molecule has 1 aliphatic rings. The standard InChI is InChI=1S/C12H15NO6S/c14-12(15)5-6-19-10-1-3-11(4-2-10)20(16,17)13-9-7-18-8-9/h1-4,9,13H,5-8H2,(H,14,15). The first-order chi connectivity index (χ1) is 9.47. The van der Waals surface area contributed by atoms with Crippen LogP contribution >= 0.6 is 0 Å². The van der Waals surface area contributed by atoms with Crippen LogP contribution in [-0.2, 0) is 19.6 Å². The van der Waals surface area contributed by atoms with Crippen LogP contribution in [0.1, 0.15) is 6.42 Å². The van der Waals surface area contributed by atoms with Crippen molar-refractivity contribution in [3.63, 3.8) is 0 Å². The van der Waals surface area contributed by atoms with Gasteiger partial charge in [0.15, 0.2) is 0 Å². The van der Waals surface area contributed by atoms with Gasteiger partial charge in [-0.15, -0.1) is 0 Å². The summed E-state index contributed by atoms with van der Waals surface area (Å²) in [6.45, 7) is 0.810. The van der Waals surface area contributed by atoms with Crippen LogP contribution in [0.25, 0.3) is 0 Å². The van der Waals surface area contributed by atoms with Crippen LogP contribution in [0, 0.1) is 0 Å². The van der Waals surface area contributed by atoms with Gasteiger partial charge in [-0.25, -0.2) is 13.1 Å². The van der Waals surface area contributed by atoms with Gasteiger partial charge in [0.25, 0.3) is 0 Å². The molecule has 0 aliphatic carbocycles. The Morgan fingerprint density at radius 3 is 2.50 bits per heavy atom. The normalized spacial score (nSPS) is 15.6. The molecule has 8 heteroatoms. The van der Waals surface area contributed by atoms with Crippen molar-refractivity contribution in [2.45, 2.75) is 17.4 Å². The fourth-order valence-corrected chi connectivity index (χ4v) is 2.77. The highest BCUT2D eigenvalue weighted by atomic mass is 32.2. The average molecular weight is 301 g/mol. The Morgan fingerprint density at radius 1 is 1.35 bits per heavy atom. The van der Waals surface area contributed by atoms with Gasteiger partial charge in [0, 0.05) is 0 Å². The zero-order chi connectivity index (χ0) is 14.6. The van der Waals surface area contributed by atoms with E-state index in [9.17, 15) is 13.2 Å². The minimum absolute atomic E-state index is 0.0408. The third-order valence-electron chi connectivity index (χ3n) is 2.68. The number of carboxylic acid groups (broad SMARTS) is 1. The van der Waals surface area contributed by atoms with Crippen LogP contribution in [0.5, 0.6) is 5.75 Å². The maximum absolute atomic E-state index is 12.0. The van der Waals surface area contributed by atoms with Crippen molar-refractivity contribution in [2.24, 2.45) is 0 Å². The summed E-state index contributed by atoms with van der Waals surface area (Å²) < 4.78 is 36.5. The lowest BCUT2D eigenvalue weighted by atomic mass is 10.3. The van der Waals surface area contributed by atoms with E-state index in [0.29, 0.717) is 19.0 Å². The molecule has 2 rings (SSSR count). The maximum Gasteiger partial charge on any atom is 0.306 e. The fraction of sp³-hybridized carbons (Fsp3) is 0.417. The molecule has 0 bridgehead atoms. The first-order valence-corrected chi connectivity index (χ1v) is 7.50. The van der Waals surface area contributed by atoms with Gasteiger partial charge in [-0.1, -0.05) is 0 Å². The Balaban J connectivity index is 1.94. The molecule has 0 saturated carbocycles. The van der Waals surface area contributed by atoms with E-state index in [4.69, 9.17) is 14.6 Å². The van der Waals surface area contributed by atoms with E-state index in [0.717, 1.165) is 0 Å². The minimum Gasteiger partial charge on any atom is -0.493 e. The zero-order valence-electron chi connectivity index (χ0n) is 10.6. The minimum atomic E-state index is -3.55. The molecule has 1 aromatic rings. The van der Waals surface area contributed by atoms with Gasteiger partial charge in [-0.3, -0.25) is 4.79 Å². The number of benzene rings is 1. The van der Waals surface area contributed by atoms with Gasteiger partial charge in [0.05, 0.1) is 37.2 Å². The molecule has 110 valence electrons. The Kier molecular flexibility index (Phi) is 4.58. The predicted octanol–water partition coefficient (Wildman–Crippen LogP) is 0.217. The van der Waals surface area contributed by atoms with Crippen molar-refractivity contribution in [3.8, 4) is 5.75 Å². The van der Waals surface area contributed by atoms with Gasteiger partial charge in [-0.2, -0.15) is 0 Å². The van der Waals surface area contributed by atoms with E-state index in [1.165, 1.54) is 24.3 Å². The third-order valence-corrected chi connectivity index (χ3v) is 4.21. The summed E-state index contributed by atoms with van der Waals surface area (Å²) in [6.07, 6.45) is -0.108. The summed E-state index contributed by atoms with van der Waals surface area (Å²) in [7, 11) is -3.55. The van der Waals surface area contributed by atoms with Crippen molar-refractivity contribution in [2.75, 3.05) is 19.8 Å². The van der Waals surface area contributed by atoms with Crippen LogP contribution in [0.15, 0.2) is 29.2 Å². The van der Waals surface area contributed by atoms with Crippen molar-refractivity contribution >= 4 is 16.0 Å². The summed E-state index contributed by atoms with van der Waals surface area (Å²) in [4.78, 5) is 10.5. The van der Waals surface area contributed by atoms with Crippen LogP contribution < -0.4 is 9.46 Å². The smallest absolute Gasteiger partial charge is 0.306 e. The predicted molar refractivity (Wildman–Crippen MR) is 69.1 cm³/mol. The molecule has 1 fully saturated rings. The second kappa shape index (κ2) is 6.21. The van der Waals surface area contributed by atoms with Crippen molar-refractivity contribution in [1.29, 1.82) is 0 Å². The SMILES string of the molecule is O=C(O)CCOc1ccc(S(=O)(=O)NC2COC2)cc1. The summed E-state index contributed by atoms with van der Waals surface area (Å²) in [5.41, 5.74) is 0. The number of rotatable bonds is 7. The van der Waals surface area contributed by atoms with E-state index in [1.807, 2.05) is 0 Å². The summed E-state index contributed by atoms with van der Waals surface area (Å²) in [6, 6.07) is 5.64. The van der Waals surface area contributed by atoms with Crippen LogP contribution in [0.4, 0.5) is 0 Å². The molecule has 1 aromatic carbocycles. The highest BCUT2D eigenvalue weighted by Crippen LogP contribution is 2.17. The molecular formula is C12H15NO6S. The van der Waals surface area contributed by atoms with Gasteiger partial charge in [0.2, 0.25) is 10.0 Å². The Hall–Kier alpha value is -1.64. The largest absolute Gasteiger partial charge is 0.493 e. The molecule has 1 saturated heterocycles. The number of carboxylic acids is 1. The molecule has 0 spiro atoms. The summed E-state index contributed by atoms with van der Waals surface area (Å²) in [5.74, 6) is -0.520. The van der Waals surface area contributed by atoms with Crippen molar-refractivity contribution < 1.29 is 27.8 Å². The van der Waals surface area contributed by atoms with Gasteiger partial charge < -0.3 is 14.6 Å². The van der Waals surface area contributed by atoms with Crippen LogP contribution in [-0.4, -0.2) is 45.4 Å². The summed E-state index contributed by atoms with van der Waals surface area (Å²) >= 11 is 0. The third kappa shape index (κ3) is 3.92. The number of nitrogens with one attached hydrogen (secondary N) is 1. The molecule has 0 unspecified atom stereocenters. The van der Waals surface area contributed by atoms with Gasteiger partial charge in [-0.05, 0) is 24.3 Å². The van der Waals surface area contributed by atoms with E-state index in [-0.39, 0.29) is 24.0 Å². The van der Waals surface area contributed by atoms with Crippen molar-refractivity contribution in [3.05, 3.63) is 24.3 Å². The van der Waals surface area contributed by atoms with Crippen LogP contribution in [0.3, 0.4) is 0 Å². The van der Waals surface area contributed by atoms with Gasteiger partial charge >= 0.3 is 5.97 Å². The molecule has 0 atom stereocenters. The Bertz CT molecular complexity index is 564. The lowest BCUT2D eigenvalue weighted by Crippen LogP contribution is -2.48. The molecule has 0 radical (unpaired) electrons. The van der Waals surface area contributed by atoms with E-state index in [1.54, 1.807) is 0 Å². The number of hydrogen-bond donors (Lipinski definition) is 2. The molecule has 7 nitrogen and oxygen atoms in total. The number of sulfonamides is 1. The topological polar surface area (TPSA) is 102 Å². The monoisotopic (exact) mass is 301 g/mol. The lowest BCUT2D eigenvalue weighted by molar-refractivity contribution is -0.137. The average Bonchev–Trinajstić information content (AvgIpc) is 2.34. The molecular weight excluding hydrogens is 286 g/mol. The molecule has 2 N–H and O–H groups in total. The van der Waals surface area contributed by atoms with Gasteiger partial charge in [0.1, 0.15) is 5.75 Å². The molecule has 1 aliphatic heterocycles. The number of ether oxygens (including phenoxy) is 2. The first kappa shape index (κ1) is 14.8. The quantitative estimate of drug-likeness (QED) is 0.747. The maximum atomic E-state index is 12.0. The second-order valence-corrected chi connectivity index (χ2v) is 6.03. The van der Waals surface area contributed by atoms with E-state index >= 15 is 0 Å². The number of aliphatic carboxylic acids is 1. The first-order valence-electron chi connectivity index (χ1n) is 6.02. The van der Waals surface area contributed by atoms with E-state index in [2.05, 4.69) is 4.72 Å². The van der Waals surface area contributed by atoms with Crippen LogP contribution in [0.2, 0.25) is 0 Å². The highest BCUT2D eigenvalue weighted by molar-refractivity contribution is 7.89. The Labute approximate surface area is 116 Å². The second-order valence-electron chi connectivity index (χ2n) is 4.32. The zero-order valence-corrected chi connectivity index (χ0v) is 11.4. The van der Waals surface area contributed by atoms with Crippen molar-refractivity contribution in [1.82, 2.24) is 4.72 Å². The fourth-order valence-electron chi connectivity index (χ4n) is 1.56. The molecule has 0 amide bonds. The molecule has 0 aromatic heterocycles. The number of hydrogen-bond acceptors (Lipinski definition) is 5. The number of carbonyl (C=O) groups is 1. The molecule has 20 heavy (non-hydrogen) atoms. The lowest BCUT2D eigenvalue weighted by Gasteiger charge is -2.26. The summed E-state index contributed by atoms with van der Waals surface area (Å²) in [5, 5.41) is 8.48.